The predicted octanol–water partition coefficient (Wildman–Crippen LogP) is 0.495. The van der Waals surface area contributed by atoms with Crippen LogP contribution in [0.4, 0.5) is 0 Å². The number of rotatable bonds is 6. The van der Waals surface area contributed by atoms with Crippen molar-refractivity contribution >= 4 is 5.91 Å². The third kappa shape index (κ3) is 4.18. The zero-order valence-electron chi connectivity index (χ0n) is 10.2. The van der Waals surface area contributed by atoms with Gasteiger partial charge in [-0.05, 0) is 19.3 Å². The molecule has 0 radical (unpaired) electrons. The Labute approximate surface area is 92.2 Å². The van der Waals surface area contributed by atoms with E-state index in [1.54, 1.807) is 0 Å². The molecule has 0 fully saturated rings. The van der Waals surface area contributed by atoms with Crippen LogP contribution in [-0.4, -0.2) is 30.2 Å². The molecule has 15 heavy (non-hydrogen) atoms. The molecule has 0 spiro atoms. The lowest BCUT2D eigenvalue weighted by Crippen LogP contribution is -2.46. The summed E-state index contributed by atoms with van der Waals surface area (Å²) >= 11 is 0. The normalized spacial score (nSPS) is 17.3. The summed E-state index contributed by atoms with van der Waals surface area (Å²) in [6.45, 7) is 8.23. The fourth-order valence-electron chi connectivity index (χ4n) is 1.04. The molecule has 4 N–H and O–H groups in total. The summed E-state index contributed by atoms with van der Waals surface area (Å²) in [4.78, 5) is 11.8. The average molecular weight is 216 g/mol. The molecule has 0 aliphatic heterocycles. The third-order valence-corrected chi connectivity index (χ3v) is 3.02. The van der Waals surface area contributed by atoms with Crippen molar-refractivity contribution in [2.75, 3.05) is 13.1 Å². The van der Waals surface area contributed by atoms with E-state index in [1.165, 1.54) is 0 Å². The molecule has 0 heterocycles. The van der Waals surface area contributed by atoms with E-state index in [0.717, 1.165) is 0 Å². The van der Waals surface area contributed by atoms with Crippen LogP contribution in [0, 0.1) is 11.3 Å². The second-order valence-electron chi connectivity index (χ2n) is 4.64. The van der Waals surface area contributed by atoms with Crippen LogP contribution in [0.2, 0.25) is 0 Å². The number of hydrogen-bond acceptors (Lipinski definition) is 3. The Morgan fingerprint density at radius 3 is 2.40 bits per heavy atom. The first kappa shape index (κ1) is 14.4. The van der Waals surface area contributed by atoms with E-state index in [1.807, 2.05) is 27.7 Å². The lowest BCUT2D eigenvalue weighted by Gasteiger charge is -2.26. The summed E-state index contributed by atoms with van der Waals surface area (Å²) in [6.07, 6.45) is 0.209. The number of nitrogens with one attached hydrogen (secondary N) is 1. The van der Waals surface area contributed by atoms with Crippen molar-refractivity contribution in [1.82, 2.24) is 5.32 Å². The van der Waals surface area contributed by atoms with Crippen molar-refractivity contribution in [2.24, 2.45) is 17.1 Å². The molecule has 0 aromatic rings. The number of carbonyl (C=O) groups is 1. The molecule has 0 saturated carbocycles. The second-order valence-corrected chi connectivity index (χ2v) is 4.64. The molecule has 4 nitrogen and oxygen atoms in total. The quantitative estimate of drug-likeness (QED) is 0.605. The molecule has 2 atom stereocenters. The zero-order chi connectivity index (χ0) is 12.1. The number of nitrogens with two attached hydrogens (primary N) is 1. The summed E-state index contributed by atoms with van der Waals surface area (Å²) in [5, 5.41) is 12.3. The van der Waals surface area contributed by atoms with Gasteiger partial charge >= 0.3 is 0 Å². The van der Waals surface area contributed by atoms with Crippen LogP contribution in [0.3, 0.4) is 0 Å². The number of aliphatic hydroxyl groups excluding tert-OH is 1. The third-order valence-electron chi connectivity index (χ3n) is 3.02. The lowest BCUT2D eigenvalue weighted by molar-refractivity contribution is -0.130. The number of hydrogen-bond donors (Lipinski definition) is 3. The van der Waals surface area contributed by atoms with Gasteiger partial charge in [-0.25, -0.2) is 0 Å². The van der Waals surface area contributed by atoms with E-state index in [-0.39, 0.29) is 11.8 Å². The first-order valence-electron chi connectivity index (χ1n) is 5.53. The van der Waals surface area contributed by atoms with Crippen molar-refractivity contribution in [1.29, 1.82) is 0 Å². The molecule has 0 bridgehead atoms. The zero-order valence-corrected chi connectivity index (χ0v) is 10.2. The highest BCUT2D eigenvalue weighted by Crippen LogP contribution is 2.19. The van der Waals surface area contributed by atoms with E-state index < -0.39 is 11.5 Å². The molecule has 0 aliphatic rings. The van der Waals surface area contributed by atoms with Gasteiger partial charge in [0.1, 0.15) is 0 Å². The van der Waals surface area contributed by atoms with Crippen molar-refractivity contribution in [3.8, 4) is 0 Å². The largest absolute Gasteiger partial charge is 0.391 e. The van der Waals surface area contributed by atoms with E-state index >= 15 is 0 Å². The Kier molecular flexibility index (Phi) is 5.83. The molecule has 90 valence electrons. The standard InChI is InChI=1S/C11H24N2O2/c1-5-11(4,7-12)10(15)13-6-9(14)8(2)3/h8-9,14H,5-7,12H2,1-4H3,(H,13,15). The van der Waals surface area contributed by atoms with Gasteiger partial charge in [-0.1, -0.05) is 20.8 Å². The van der Waals surface area contributed by atoms with Crippen molar-refractivity contribution in [2.45, 2.75) is 40.2 Å². The molecular formula is C11H24N2O2. The molecular weight excluding hydrogens is 192 g/mol. The Morgan fingerprint density at radius 1 is 1.53 bits per heavy atom. The molecule has 1 amide bonds. The van der Waals surface area contributed by atoms with E-state index in [4.69, 9.17) is 5.73 Å². The van der Waals surface area contributed by atoms with Crippen LogP contribution in [0.25, 0.3) is 0 Å². The van der Waals surface area contributed by atoms with Gasteiger partial charge in [0.25, 0.3) is 0 Å². The van der Waals surface area contributed by atoms with Gasteiger partial charge in [0, 0.05) is 13.1 Å². The van der Waals surface area contributed by atoms with Crippen LogP contribution < -0.4 is 11.1 Å². The first-order chi connectivity index (χ1) is 6.87. The minimum atomic E-state index is -0.517. The van der Waals surface area contributed by atoms with Gasteiger partial charge in [-0.15, -0.1) is 0 Å². The summed E-state index contributed by atoms with van der Waals surface area (Å²) in [7, 11) is 0. The smallest absolute Gasteiger partial charge is 0.227 e. The summed E-state index contributed by atoms with van der Waals surface area (Å²) in [6, 6.07) is 0. The Balaban J connectivity index is 4.14. The van der Waals surface area contributed by atoms with Gasteiger partial charge in [0.05, 0.1) is 11.5 Å². The van der Waals surface area contributed by atoms with Crippen LogP contribution in [0.15, 0.2) is 0 Å². The van der Waals surface area contributed by atoms with E-state index in [9.17, 15) is 9.90 Å². The topological polar surface area (TPSA) is 75.4 Å². The summed E-state index contributed by atoms with van der Waals surface area (Å²) in [5.41, 5.74) is 5.04. The summed E-state index contributed by atoms with van der Waals surface area (Å²) in [5.74, 6) is 0.0725. The highest BCUT2D eigenvalue weighted by molar-refractivity contribution is 5.82. The fraction of sp³-hybridized carbons (Fsp3) is 0.909. The van der Waals surface area contributed by atoms with Gasteiger partial charge < -0.3 is 16.2 Å². The van der Waals surface area contributed by atoms with Crippen LogP contribution in [-0.2, 0) is 4.79 Å². The van der Waals surface area contributed by atoms with Gasteiger partial charge in [-0.3, -0.25) is 4.79 Å². The lowest BCUT2D eigenvalue weighted by atomic mass is 9.86. The van der Waals surface area contributed by atoms with Crippen molar-refractivity contribution in [3.63, 3.8) is 0 Å². The monoisotopic (exact) mass is 216 g/mol. The van der Waals surface area contributed by atoms with Gasteiger partial charge in [0.2, 0.25) is 5.91 Å². The molecule has 0 aliphatic carbocycles. The van der Waals surface area contributed by atoms with Crippen molar-refractivity contribution in [3.05, 3.63) is 0 Å². The van der Waals surface area contributed by atoms with E-state index in [2.05, 4.69) is 5.32 Å². The van der Waals surface area contributed by atoms with Gasteiger partial charge in [-0.2, -0.15) is 0 Å². The molecule has 0 rings (SSSR count). The predicted molar refractivity (Wildman–Crippen MR) is 61.3 cm³/mol. The van der Waals surface area contributed by atoms with Crippen molar-refractivity contribution < 1.29 is 9.90 Å². The molecule has 0 aromatic heterocycles. The average Bonchev–Trinajstić information content (AvgIpc) is 2.23. The fourth-order valence-corrected chi connectivity index (χ4v) is 1.04. The minimum absolute atomic E-state index is 0.0767. The highest BCUT2D eigenvalue weighted by Gasteiger charge is 2.29. The maximum Gasteiger partial charge on any atom is 0.227 e. The maximum absolute atomic E-state index is 11.8. The number of carbonyl (C=O) groups excluding carboxylic acids is 1. The molecule has 0 saturated heterocycles. The maximum atomic E-state index is 11.8. The SMILES string of the molecule is CCC(C)(CN)C(=O)NCC(O)C(C)C. The Bertz CT molecular complexity index is 201. The molecule has 2 unspecified atom stereocenters. The van der Waals surface area contributed by atoms with Crippen LogP contribution in [0.1, 0.15) is 34.1 Å². The minimum Gasteiger partial charge on any atom is -0.391 e. The second kappa shape index (κ2) is 6.08. The summed E-state index contributed by atoms with van der Waals surface area (Å²) < 4.78 is 0. The first-order valence-corrected chi connectivity index (χ1v) is 5.53. The molecule has 0 aromatic carbocycles. The van der Waals surface area contributed by atoms with Crippen LogP contribution >= 0.6 is 0 Å². The van der Waals surface area contributed by atoms with E-state index in [0.29, 0.717) is 19.5 Å². The Hall–Kier alpha value is -0.610. The number of aliphatic hydroxyl groups is 1. The molecule has 4 heteroatoms. The Morgan fingerprint density at radius 2 is 2.07 bits per heavy atom. The van der Waals surface area contributed by atoms with Crippen LogP contribution in [0.5, 0.6) is 0 Å². The van der Waals surface area contributed by atoms with Gasteiger partial charge in [0.15, 0.2) is 0 Å². The highest BCUT2D eigenvalue weighted by atomic mass is 16.3. The number of amides is 1.